The number of hydrogen-bond donors (Lipinski definition) is 1. The van der Waals surface area contributed by atoms with Crippen molar-refractivity contribution in [1.29, 1.82) is 0 Å². The lowest BCUT2D eigenvalue weighted by Crippen LogP contribution is -2.33. The van der Waals surface area contributed by atoms with Crippen LogP contribution in [0.2, 0.25) is 0 Å². The minimum atomic E-state index is -0.159. The molecule has 1 aliphatic carbocycles. The summed E-state index contributed by atoms with van der Waals surface area (Å²) in [4.78, 5) is 24.1. The molecule has 5 heteroatoms. The average Bonchev–Trinajstić information content (AvgIpc) is 2.93. The van der Waals surface area contributed by atoms with Crippen molar-refractivity contribution in [3.63, 3.8) is 0 Å². The summed E-state index contributed by atoms with van der Waals surface area (Å²) in [6, 6.07) is 9.23. The van der Waals surface area contributed by atoms with Gasteiger partial charge in [0.05, 0.1) is 13.2 Å². The highest BCUT2D eigenvalue weighted by molar-refractivity contribution is 5.76. The molecule has 120 valence electrons. The summed E-state index contributed by atoms with van der Waals surface area (Å²) in [5.41, 5.74) is 3.00. The highest BCUT2D eigenvalue weighted by Gasteiger charge is 2.26. The second-order valence-corrected chi connectivity index (χ2v) is 5.86. The second-order valence-electron chi connectivity index (χ2n) is 5.86. The lowest BCUT2D eigenvalue weighted by molar-refractivity contribution is -0.122. The second kappa shape index (κ2) is 6.28. The highest BCUT2D eigenvalue weighted by atomic mass is 16.5. The third-order valence-corrected chi connectivity index (χ3v) is 4.25. The van der Waals surface area contributed by atoms with Gasteiger partial charge in [0.2, 0.25) is 5.91 Å². The first kappa shape index (κ1) is 15.3. The maximum atomic E-state index is 12.3. The number of aryl methyl sites for hydroxylation is 1. The topological polar surface area (TPSA) is 60.3 Å². The Kier molecular flexibility index (Phi) is 4.19. The van der Waals surface area contributed by atoms with Crippen LogP contribution in [-0.2, 0) is 17.8 Å². The van der Waals surface area contributed by atoms with E-state index in [1.165, 1.54) is 10.6 Å². The predicted octanol–water partition coefficient (Wildman–Crippen LogP) is 1.97. The van der Waals surface area contributed by atoms with Gasteiger partial charge in [0.25, 0.3) is 5.56 Å². The van der Waals surface area contributed by atoms with Crippen LogP contribution in [0.15, 0.2) is 41.3 Å². The summed E-state index contributed by atoms with van der Waals surface area (Å²) in [5, 5.41) is 3.02. The van der Waals surface area contributed by atoms with Gasteiger partial charge < -0.3 is 14.6 Å². The Balaban J connectivity index is 1.72. The molecule has 1 unspecified atom stereocenters. The smallest absolute Gasteiger partial charge is 0.251 e. The fraction of sp³-hybridized carbons (Fsp3) is 0.333. The monoisotopic (exact) mass is 312 g/mol. The summed E-state index contributed by atoms with van der Waals surface area (Å²) in [6.45, 7) is 1.89. The zero-order valence-electron chi connectivity index (χ0n) is 13.3. The number of nitrogens with zero attached hydrogens (tertiary/aromatic N) is 1. The first-order valence-corrected chi connectivity index (χ1v) is 7.70. The van der Waals surface area contributed by atoms with E-state index in [1.54, 1.807) is 13.3 Å². The van der Waals surface area contributed by atoms with Crippen LogP contribution < -0.4 is 15.6 Å². The lowest BCUT2D eigenvalue weighted by atomic mass is 10.1. The number of carbonyl (C=O) groups excluding carboxylic acids is 1. The Hall–Kier alpha value is -2.56. The summed E-state index contributed by atoms with van der Waals surface area (Å²) in [7, 11) is 1.66. The molecular formula is C18H20N2O3. The molecule has 1 heterocycles. The van der Waals surface area contributed by atoms with Crippen molar-refractivity contribution in [3.8, 4) is 5.75 Å². The first-order valence-electron chi connectivity index (χ1n) is 7.70. The molecule has 1 N–H and O–H groups in total. The molecule has 0 saturated carbocycles. The lowest BCUT2D eigenvalue weighted by Gasteiger charge is -2.15. The van der Waals surface area contributed by atoms with Gasteiger partial charge in [-0.05, 0) is 48.6 Å². The van der Waals surface area contributed by atoms with Gasteiger partial charge in [0.15, 0.2) is 0 Å². The number of methoxy groups -OCH3 is 1. The minimum Gasteiger partial charge on any atom is -0.496 e. The number of benzene rings is 1. The number of aromatic nitrogens is 1. The van der Waals surface area contributed by atoms with E-state index in [0.29, 0.717) is 0 Å². The molecule has 0 saturated heterocycles. The number of nitrogens with one attached hydrogen (secondary N) is 1. The standard InChI is InChI=1S/C18H20N2O3/c1-12-8-9-20(18(22)10-12)11-17(21)19-15-7-6-14-13(15)4-3-5-16(14)23-2/h3-5,8-10,15H,6-7,11H2,1-2H3,(H,19,21). The maximum Gasteiger partial charge on any atom is 0.251 e. The number of carbonyl (C=O) groups is 1. The molecule has 5 nitrogen and oxygen atoms in total. The fourth-order valence-electron chi connectivity index (χ4n) is 3.09. The summed E-state index contributed by atoms with van der Waals surface area (Å²) in [6.07, 6.45) is 3.39. The van der Waals surface area contributed by atoms with E-state index < -0.39 is 0 Å². The number of ether oxygens (including phenoxy) is 1. The van der Waals surface area contributed by atoms with E-state index in [0.717, 1.165) is 35.3 Å². The number of hydrogen-bond acceptors (Lipinski definition) is 3. The average molecular weight is 312 g/mol. The van der Waals surface area contributed by atoms with Crippen molar-refractivity contribution < 1.29 is 9.53 Å². The van der Waals surface area contributed by atoms with Crippen LogP contribution in [0.3, 0.4) is 0 Å². The van der Waals surface area contributed by atoms with Crippen molar-refractivity contribution in [3.05, 3.63) is 63.6 Å². The number of rotatable bonds is 4. The molecule has 0 aliphatic heterocycles. The quantitative estimate of drug-likeness (QED) is 0.939. The van der Waals surface area contributed by atoms with Gasteiger partial charge >= 0.3 is 0 Å². The van der Waals surface area contributed by atoms with Gasteiger partial charge in [-0.2, -0.15) is 0 Å². The van der Waals surface area contributed by atoms with E-state index in [9.17, 15) is 9.59 Å². The third kappa shape index (κ3) is 3.13. The normalized spacial score (nSPS) is 16.0. The molecule has 2 aromatic rings. The van der Waals surface area contributed by atoms with Gasteiger partial charge in [0.1, 0.15) is 12.3 Å². The molecule has 0 spiro atoms. The van der Waals surface area contributed by atoms with Crippen molar-refractivity contribution in [2.75, 3.05) is 7.11 Å². The Morgan fingerprint density at radius 2 is 2.22 bits per heavy atom. The molecule has 1 amide bonds. The van der Waals surface area contributed by atoms with Crippen molar-refractivity contribution in [2.24, 2.45) is 0 Å². The SMILES string of the molecule is COc1cccc2c1CCC2NC(=O)Cn1ccc(C)cc1=O. The summed E-state index contributed by atoms with van der Waals surface area (Å²) in [5.74, 6) is 0.714. The molecule has 1 aromatic heterocycles. The van der Waals surface area contributed by atoms with Crippen LogP contribution >= 0.6 is 0 Å². The van der Waals surface area contributed by atoms with Gasteiger partial charge in [-0.15, -0.1) is 0 Å². The molecule has 0 bridgehead atoms. The zero-order chi connectivity index (χ0) is 16.4. The van der Waals surface area contributed by atoms with Gasteiger partial charge in [0, 0.05) is 12.3 Å². The van der Waals surface area contributed by atoms with Crippen LogP contribution in [0.25, 0.3) is 0 Å². The van der Waals surface area contributed by atoms with E-state index in [-0.39, 0.29) is 24.1 Å². The molecule has 23 heavy (non-hydrogen) atoms. The van der Waals surface area contributed by atoms with Gasteiger partial charge in [-0.25, -0.2) is 0 Å². The van der Waals surface area contributed by atoms with Gasteiger partial charge in [-0.1, -0.05) is 12.1 Å². The van der Waals surface area contributed by atoms with E-state index in [1.807, 2.05) is 31.2 Å². The van der Waals surface area contributed by atoms with E-state index >= 15 is 0 Å². The van der Waals surface area contributed by atoms with Crippen LogP contribution in [-0.4, -0.2) is 17.6 Å². The van der Waals surface area contributed by atoms with Gasteiger partial charge in [-0.3, -0.25) is 9.59 Å². The largest absolute Gasteiger partial charge is 0.496 e. The molecule has 3 rings (SSSR count). The molecule has 1 atom stereocenters. The minimum absolute atomic E-state index is 0.0197. The van der Waals surface area contributed by atoms with E-state index in [2.05, 4.69) is 5.32 Å². The molecular weight excluding hydrogens is 292 g/mol. The third-order valence-electron chi connectivity index (χ3n) is 4.25. The highest BCUT2D eigenvalue weighted by Crippen LogP contribution is 2.36. The zero-order valence-corrected chi connectivity index (χ0v) is 13.3. The van der Waals surface area contributed by atoms with Crippen molar-refractivity contribution in [2.45, 2.75) is 32.4 Å². The molecule has 0 radical (unpaired) electrons. The van der Waals surface area contributed by atoms with Crippen molar-refractivity contribution >= 4 is 5.91 Å². The maximum absolute atomic E-state index is 12.3. The first-order chi connectivity index (χ1) is 11.1. The Morgan fingerprint density at radius 3 is 2.96 bits per heavy atom. The van der Waals surface area contributed by atoms with E-state index in [4.69, 9.17) is 4.74 Å². The Labute approximate surface area is 134 Å². The number of amides is 1. The van der Waals surface area contributed by atoms with Crippen molar-refractivity contribution in [1.82, 2.24) is 9.88 Å². The number of pyridine rings is 1. The van der Waals surface area contributed by atoms with Crippen LogP contribution in [0.5, 0.6) is 5.75 Å². The Bertz CT molecular complexity index is 795. The summed E-state index contributed by atoms with van der Waals surface area (Å²) >= 11 is 0. The van der Waals surface area contributed by atoms with Crippen LogP contribution in [0.4, 0.5) is 0 Å². The number of fused-ring (bicyclic) bond motifs is 1. The molecule has 1 aliphatic rings. The molecule has 1 aromatic carbocycles. The van der Waals surface area contributed by atoms with Crippen LogP contribution in [0.1, 0.15) is 29.2 Å². The summed E-state index contributed by atoms with van der Waals surface area (Å²) < 4.78 is 6.80. The Morgan fingerprint density at radius 1 is 1.39 bits per heavy atom. The molecule has 0 fully saturated rings. The predicted molar refractivity (Wildman–Crippen MR) is 87.6 cm³/mol. The van der Waals surface area contributed by atoms with Crippen LogP contribution in [0, 0.1) is 6.92 Å². The fourth-order valence-corrected chi connectivity index (χ4v) is 3.09.